The molecular weight excluding hydrogens is 212 g/mol. The molecule has 4 heteroatoms. The Labute approximate surface area is 98.2 Å². The topological polar surface area (TPSA) is 64.7 Å². The summed E-state index contributed by atoms with van der Waals surface area (Å²) >= 11 is 0. The minimum Gasteiger partial charge on any atom is -0.382 e. The summed E-state index contributed by atoms with van der Waals surface area (Å²) in [6, 6.07) is 11.5. The zero-order chi connectivity index (χ0) is 11.7. The summed E-state index contributed by atoms with van der Waals surface area (Å²) in [6.07, 6.45) is 3.45. The number of nitrogens with zero attached hydrogens (tertiary/aromatic N) is 3. The molecule has 82 valence electrons. The average Bonchev–Trinajstić information content (AvgIpc) is 2.40. The molecule has 0 fully saturated rings. The summed E-state index contributed by atoms with van der Waals surface area (Å²) in [6.45, 7) is 0. The van der Waals surface area contributed by atoms with Gasteiger partial charge < -0.3 is 5.73 Å². The number of nitrogen functional groups attached to an aromatic ring is 1. The van der Waals surface area contributed by atoms with E-state index in [1.165, 1.54) is 0 Å². The van der Waals surface area contributed by atoms with E-state index in [0.717, 1.165) is 22.3 Å². The van der Waals surface area contributed by atoms with E-state index < -0.39 is 0 Å². The van der Waals surface area contributed by atoms with Crippen molar-refractivity contribution in [3.8, 4) is 11.4 Å². The Bertz CT molecular complexity index is 665. The van der Waals surface area contributed by atoms with Gasteiger partial charge in [0.1, 0.15) is 5.52 Å². The van der Waals surface area contributed by atoms with Crippen molar-refractivity contribution in [1.82, 2.24) is 15.0 Å². The largest absolute Gasteiger partial charge is 0.382 e. The van der Waals surface area contributed by atoms with Gasteiger partial charge in [0.15, 0.2) is 5.82 Å². The third-order valence-electron chi connectivity index (χ3n) is 2.54. The first-order valence-corrected chi connectivity index (χ1v) is 5.27. The van der Waals surface area contributed by atoms with Gasteiger partial charge in [-0.2, -0.15) is 0 Å². The maximum Gasteiger partial charge on any atom is 0.150 e. The molecule has 3 aromatic rings. The molecule has 3 heterocycles. The highest BCUT2D eigenvalue weighted by molar-refractivity contribution is 5.89. The van der Waals surface area contributed by atoms with Crippen LogP contribution in [0.25, 0.3) is 22.3 Å². The zero-order valence-corrected chi connectivity index (χ0v) is 9.04. The number of hydrogen-bond acceptors (Lipinski definition) is 4. The lowest BCUT2D eigenvalue weighted by molar-refractivity contribution is 1.25. The second-order valence-electron chi connectivity index (χ2n) is 3.68. The van der Waals surface area contributed by atoms with Crippen LogP contribution in [0.15, 0.2) is 48.8 Å². The second-order valence-corrected chi connectivity index (χ2v) is 3.68. The number of rotatable bonds is 1. The van der Waals surface area contributed by atoms with Crippen LogP contribution >= 0.6 is 0 Å². The molecule has 0 aliphatic rings. The van der Waals surface area contributed by atoms with Crippen LogP contribution in [-0.4, -0.2) is 15.0 Å². The lowest BCUT2D eigenvalue weighted by atomic mass is 10.2. The van der Waals surface area contributed by atoms with Gasteiger partial charge in [0.25, 0.3) is 0 Å². The highest BCUT2D eigenvalue weighted by Crippen LogP contribution is 2.22. The summed E-state index contributed by atoms with van der Waals surface area (Å²) in [5, 5.41) is 0.973. The van der Waals surface area contributed by atoms with E-state index in [1.54, 1.807) is 12.4 Å². The van der Waals surface area contributed by atoms with Crippen molar-refractivity contribution in [2.24, 2.45) is 0 Å². The summed E-state index contributed by atoms with van der Waals surface area (Å²) in [5.41, 5.74) is 8.20. The van der Waals surface area contributed by atoms with Crippen molar-refractivity contribution in [2.75, 3.05) is 5.73 Å². The molecule has 4 nitrogen and oxygen atoms in total. The van der Waals surface area contributed by atoms with Gasteiger partial charge in [-0.05, 0) is 24.3 Å². The van der Waals surface area contributed by atoms with E-state index in [4.69, 9.17) is 5.73 Å². The van der Waals surface area contributed by atoms with Gasteiger partial charge in [-0.25, -0.2) is 4.98 Å². The van der Waals surface area contributed by atoms with Crippen molar-refractivity contribution in [2.45, 2.75) is 0 Å². The zero-order valence-electron chi connectivity index (χ0n) is 9.04. The van der Waals surface area contributed by atoms with Crippen molar-refractivity contribution in [3.63, 3.8) is 0 Å². The Morgan fingerprint density at radius 2 is 1.76 bits per heavy atom. The fourth-order valence-electron chi connectivity index (χ4n) is 1.76. The Morgan fingerprint density at radius 1 is 0.882 bits per heavy atom. The molecular formula is C13H10N4. The maximum atomic E-state index is 5.89. The number of nitrogens with two attached hydrogens (primary N) is 1. The number of anilines is 1. The standard InChI is InChI=1S/C13H10N4/c14-13-12-9(4-3-7-16-12)8-11(17-13)10-5-1-2-6-15-10/h1-8H,(H2,14,17). The van der Waals surface area contributed by atoms with Crippen LogP contribution in [0.4, 0.5) is 5.82 Å². The van der Waals surface area contributed by atoms with E-state index in [-0.39, 0.29) is 0 Å². The normalized spacial score (nSPS) is 10.6. The predicted octanol–water partition coefficient (Wildman–Crippen LogP) is 2.27. The number of fused-ring (bicyclic) bond motifs is 1. The van der Waals surface area contributed by atoms with Gasteiger partial charge in [0.05, 0.1) is 11.4 Å². The van der Waals surface area contributed by atoms with Crippen molar-refractivity contribution < 1.29 is 0 Å². The van der Waals surface area contributed by atoms with Gasteiger partial charge in [-0.3, -0.25) is 9.97 Å². The Morgan fingerprint density at radius 3 is 2.59 bits per heavy atom. The summed E-state index contributed by atoms with van der Waals surface area (Å²) in [7, 11) is 0. The van der Waals surface area contributed by atoms with Crippen LogP contribution in [0.3, 0.4) is 0 Å². The predicted molar refractivity (Wildman–Crippen MR) is 67.2 cm³/mol. The van der Waals surface area contributed by atoms with Crippen LogP contribution < -0.4 is 5.73 Å². The van der Waals surface area contributed by atoms with E-state index in [9.17, 15) is 0 Å². The molecule has 0 amide bonds. The monoisotopic (exact) mass is 222 g/mol. The van der Waals surface area contributed by atoms with Crippen LogP contribution in [-0.2, 0) is 0 Å². The van der Waals surface area contributed by atoms with Gasteiger partial charge in [0, 0.05) is 17.8 Å². The summed E-state index contributed by atoms with van der Waals surface area (Å²) < 4.78 is 0. The molecule has 0 unspecified atom stereocenters. The molecule has 3 aromatic heterocycles. The first-order chi connectivity index (χ1) is 8.34. The molecule has 0 saturated heterocycles. The number of hydrogen-bond donors (Lipinski definition) is 1. The third-order valence-corrected chi connectivity index (χ3v) is 2.54. The van der Waals surface area contributed by atoms with Crippen molar-refractivity contribution in [1.29, 1.82) is 0 Å². The molecule has 0 aliphatic carbocycles. The molecule has 0 saturated carbocycles. The minimum absolute atomic E-state index is 0.434. The first-order valence-electron chi connectivity index (χ1n) is 5.27. The molecule has 3 rings (SSSR count). The van der Waals surface area contributed by atoms with E-state index in [2.05, 4.69) is 15.0 Å². The SMILES string of the molecule is Nc1nc(-c2ccccn2)cc2cccnc12. The maximum absolute atomic E-state index is 5.89. The molecule has 0 spiro atoms. The fourth-order valence-corrected chi connectivity index (χ4v) is 1.76. The molecule has 0 bridgehead atoms. The van der Waals surface area contributed by atoms with Crippen LogP contribution in [0.5, 0.6) is 0 Å². The van der Waals surface area contributed by atoms with Crippen LogP contribution in [0.1, 0.15) is 0 Å². The average molecular weight is 222 g/mol. The summed E-state index contributed by atoms with van der Waals surface area (Å²) in [5.74, 6) is 0.434. The molecule has 0 aromatic carbocycles. The number of pyridine rings is 3. The van der Waals surface area contributed by atoms with Crippen LogP contribution in [0.2, 0.25) is 0 Å². The van der Waals surface area contributed by atoms with Gasteiger partial charge >= 0.3 is 0 Å². The Hall–Kier alpha value is -2.49. The third kappa shape index (κ3) is 1.69. The Kier molecular flexibility index (Phi) is 2.19. The molecule has 17 heavy (non-hydrogen) atoms. The highest BCUT2D eigenvalue weighted by atomic mass is 14.9. The molecule has 0 radical (unpaired) electrons. The van der Waals surface area contributed by atoms with Gasteiger partial charge in [-0.15, -0.1) is 0 Å². The number of aromatic nitrogens is 3. The fraction of sp³-hybridized carbons (Fsp3) is 0. The first kappa shape index (κ1) is 9.72. The van der Waals surface area contributed by atoms with Gasteiger partial charge in [-0.1, -0.05) is 12.1 Å². The van der Waals surface area contributed by atoms with E-state index in [0.29, 0.717) is 5.82 Å². The quantitative estimate of drug-likeness (QED) is 0.686. The van der Waals surface area contributed by atoms with Gasteiger partial charge in [0.2, 0.25) is 0 Å². The highest BCUT2D eigenvalue weighted by Gasteiger charge is 2.06. The van der Waals surface area contributed by atoms with Crippen LogP contribution in [0, 0.1) is 0 Å². The minimum atomic E-state index is 0.434. The molecule has 2 N–H and O–H groups in total. The lowest BCUT2D eigenvalue weighted by Gasteiger charge is -2.04. The molecule has 0 atom stereocenters. The Balaban J connectivity index is 2.26. The smallest absolute Gasteiger partial charge is 0.150 e. The lowest BCUT2D eigenvalue weighted by Crippen LogP contribution is -1.96. The summed E-state index contributed by atoms with van der Waals surface area (Å²) in [4.78, 5) is 12.8. The van der Waals surface area contributed by atoms with Crippen molar-refractivity contribution >= 4 is 16.7 Å². The second kappa shape index (κ2) is 3.83. The van der Waals surface area contributed by atoms with E-state index >= 15 is 0 Å². The van der Waals surface area contributed by atoms with E-state index in [1.807, 2.05) is 36.4 Å². The van der Waals surface area contributed by atoms with Crippen molar-refractivity contribution in [3.05, 3.63) is 48.8 Å². The molecule has 0 aliphatic heterocycles.